The summed E-state index contributed by atoms with van der Waals surface area (Å²) in [4.78, 5) is 8.00. The summed E-state index contributed by atoms with van der Waals surface area (Å²) in [6.45, 7) is 15.2. The van der Waals surface area contributed by atoms with Gasteiger partial charge in [-0.2, -0.15) is 0 Å². The Bertz CT molecular complexity index is 237. The largest absolute Gasteiger partial charge is 0.307 e. The minimum Gasteiger partial charge on any atom is -0.307 e. The van der Waals surface area contributed by atoms with Gasteiger partial charge in [0.05, 0.1) is 0 Å². The van der Waals surface area contributed by atoms with Crippen molar-refractivity contribution in [2.75, 3.05) is 0 Å². The molecule has 1 nitrogen and oxygen atoms in total. The second kappa shape index (κ2) is 9.38. The fourth-order valence-electron chi connectivity index (χ4n) is 1.22. The Morgan fingerprint density at radius 3 is 1.93 bits per heavy atom. The van der Waals surface area contributed by atoms with Crippen molar-refractivity contribution in [1.82, 2.24) is 0 Å². The van der Waals surface area contributed by atoms with Gasteiger partial charge in [0, 0.05) is 0 Å². The summed E-state index contributed by atoms with van der Waals surface area (Å²) in [7, 11) is 0. The molecule has 0 atom stereocenters. The molecule has 0 aliphatic heterocycles. The third kappa shape index (κ3) is 6.83. The molecule has 0 saturated heterocycles. The number of carbonyl (C=O) groups is 1. The highest BCUT2D eigenvalue weighted by molar-refractivity contribution is 5.29. The van der Waals surface area contributed by atoms with Gasteiger partial charge in [0.1, 0.15) is 12.6 Å². The van der Waals surface area contributed by atoms with Crippen LogP contribution in [0.2, 0.25) is 0 Å². The van der Waals surface area contributed by atoms with Crippen molar-refractivity contribution in [3.05, 3.63) is 36.2 Å². The van der Waals surface area contributed by atoms with E-state index < -0.39 is 0 Å². The first-order valence-corrected chi connectivity index (χ1v) is 5.03. The molecular weight excluding hydrogens is 191 g/mol. The van der Waals surface area contributed by atoms with E-state index in [9.17, 15) is 4.39 Å². The molecule has 0 spiro atoms. The second-order valence-corrected chi connectivity index (χ2v) is 3.36. The van der Waals surface area contributed by atoms with E-state index in [4.69, 9.17) is 4.79 Å². The van der Waals surface area contributed by atoms with Crippen LogP contribution in [0.5, 0.6) is 0 Å². The summed E-state index contributed by atoms with van der Waals surface area (Å²) < 4.78 is 13.1. The Morgan fingerprint density at radius 2 is 1.67 bits per heavy atom. The number of rotatable bonds is 5. The van der Waals surface area contributed by atoms with Crippen LogP contribution in [0, 0.1) is 5.92 Å². The van der Waals surface area contributed by atoms with Crippen molar-refractivity contribution in [3.63, 3.8) is 0 Å². The molecule has 0 rings (SSSR count). The van der Waals surface area contributed by atoms with Crippen LogP contribution < -0.4 is 0 Å². The van der Waals surface area contributed by atoms with Crippen molar-refractivity contribution >= 4 is 6.79 Å². The van der Waals surface area contributed by atoms with Crippen LogP contribution in [-0.4, -0.2) is 6.79 Å². The van der Waals surface area contributed by atoms with Gasteiger partial charge in [0.2, 0.25) is 0 Å². The Morgan fingerprint density at radius 1 is 1.27 bits per heavy atom. The lowest BCUT2D eigenvalue weighted by molar-refractivity contribution is -0.0979. The van der Waals surface area contributed by atoms with Crippen LogP contribution in [0.4, 0.5) is 4.39 Å². The van der Waals surface area contributed by atoms with Crippen LogP contribution >= 0.6 is 0 Å². The zero-order valence-corrected chi connectivity index (χ0v) is 9.98. The van der Waals surface area contributed by atoms with Crippen LogP contribution in [0.15, 0.2) is 36.2 Å². The SMILES string of the molecule is C=C(C)/C(F)=C\C(=C)C(CC)CC.C=O. The topological polar surface area (TPSA) is 17.1 Å². The summed E-state index contributed by atoms with van der Waals surface area (Å²) in [5.74, 6) is 0.141. The maximum absolute atomic E-state index is 13.1. The van der Waals surface area contributed by atoms with Crippen LogP contribution in [0.1, 0.15) is 33.6 Å². The van der Waals surface area contributed by atoms with E-state index in [1.54, 1.807) is 6.92 Å². The third-order valence-electron chi connectivity index (χ3n) is 2.23. The van der Waals surface area contributed by atoms with Crippen molar-refractivity contribution in [2.45, 2.75) is 33.6 Å². The summed E-state index contributed by atoms with van der Waals surface area (Å²) in [5.41, 5.74) is 1.33. The Labute approximate surface area is 92.4 Å². The lowest BCUT2D eigenvalue weighted by Crippen LogP contribution is -1.98. The van der Waals surface area contributed by atoms with Crippen molar-refractivity contribution in [1.29, 1.82) is 0 Å². The molecule has 0 bridgehead atoms. The highest BCUT2D eigenvalue weighted by atomic mass is 19.1. The lowest BCUT2D eigenvalue weighted by atomic mass is 9.94. The van der Waals surface area contributed by atoms with Crippen molar-refractivity contribution in [3.8, 4) is 0 Å². The Hall–Kier alpha value is -1.18. The van der Waals surface area contributed by atoms with Crippen LogP contribution in [-0.2, 0) is 4.79 Å². The van der Waals surface area contributed by atoms with E-state index in [2.05, 4.69) is 27.0 Å². The molecule has 86 valence electrons. The van der Waals surface area contributed by atoms with Gasteiger partial charge in [-0.1, -0.05) is 27.0 Å². The Kier molecular flexibility index (Phi) is 10.2. The monoisotopic (exact) mass is 212 g/mol. The molecule has 2 heteroatoms. The summed E-state index contributed by atoms with van der Waals surface area (Å²) in [6.07, 6.45) is 3.52. The van der Waals surface area contributed by atoms with Crippen molar-refractivity contribution in [2.24, 2.45) is 5.92 Å². The zero-order chi connectivity index (χ0) is 12.4. The van der Waals surface area contributed by atoms with Gasteiger partial charge in [-0.3, -0.25) is 0 Å². The average Bonchev–Trinajstić information content (AvgIpc) is 2.22. The maximum Gasteiger partial charge on any atom is 0.125 e. The number of hydrogen-bond acceptors (Lipinski definition) is 1. The smallest absolute Gasteiger partial charge is 0.125 e. The van der Waals surface area contributed by atoms with Crippen LogP contribution in [0.25, 0.3) is 0 Å². The number of hydrogen-bond donors (Lipinski definition) is 0. The molecule has 0 heterocycles. The van der Waals surface area contributed by atoms with Gasteiger partial charge in [-0.05, 0) is 42.9 Å². The van der Waals surface area contributed by atoms with E-state index in [1.165, 1.54) is 6.08 Å². The highest BCUT2D eigenvalue weighted by Gasteiger charge is 2.06. The van der Waals surface area contributed by atoms with Gasteiger partial charge in [-0.15, -0.1) is 0 Å². The normalized spacial score (nSPS) is 10.6. The average molecular weight is 212 g/mol. The molecule has 0 radical (unpaired) electrons. The van der Waals surface area contributed by atoms with E-state index in [0.717, 1.165) is 18.4 Å². The third-order valence-corrected chi connectivity index (χ3v) is 2.23. The summed E-state index contributed by atoms with van der Waals surface area (Å²) in [5, 5.41) is 0. The number of allylic oxidation sites excluding steroid dienone is 4. The highest BCUT2D eigenvalue weighted by Crippen LogP contribution is 2.21. The predicted octanol–water partition coefficient (Wildman–Crippen LogP) is 4.22. The molecule has 0 amide bonds. The first-order chi connectivity index (χ1) is 7.02. The predicted molar refractivity (Wildman–Crippen MR) is 64.3 cm³/mol. The molecule has 0 aromatic carbocycles. The molecule has 0 aliphatic carbocycles. The molecule has 0 N–H and O–H groups in total. The molecule has 0 unspecified atom stereocenters. The molecule has 0 aromatic heterocycles. The van der Waals surface area contributed by atoms with Gasteiger partial charge in [-0.25, -0.2) is 4.39 Å². The standard InChI is InChI=1S/C12H19F.CH2O/c1-6-11(7-2)10(5)8-12(13)9(3)4;1-2/h8,11H,3,5-7H2,1-2,4H3;1H2/b12-8+;. The fourth-order valence-corrected chi connectivity index (χ4v) is 1.22. The van der Waals surface area contributed by atoms with E-state index in [0.29, 0.717) is 11.5 Å². The van der Waals surface area contributed by atoms with Gasteiger partial charge >= 0.3 is 0 Å². The van der Waals surface area contributed by atoms with E-state index in [-0.39, 0.29) is 5.83 Å². The molecular formula is C13H21FO. The quantitative estimate of drug-likeness (QED) is 0.623. The first-order valence-electron chi connectivity index (χ1n) is 5.03. The van der Waals surface area contributed by atoms with Crippen LogP contribution in [0.3, 0.4) is 0 Å². The van der Waals surface area contributed by atoms with Gasteiger partial charge < -0.3 is 4.79 Å². The number of carbonyl (C=O) groups excluding carboxylic acids is 1. The van der Waals surface area contributed by atoms with Gasteiger partial charge in [0.25, 0.3) is 0 Å². The fraction of sp³-hybridized carbons (Fsp3) is 0.462. The van der Waals surface area contributed by atoms with Crippen molar-refractivity contribution < 1.29 is 9.18 Å². The first kappa shape index (κ1) is 16.3. The molecule has 0 aromatic rings. The molecule has 0 fully saturated rings. The molecule has 15 heavy (non-hydrogen) atoms. The Balaban J connectivity index is 0. The lowest BCUT2D eigenvalue weighted by Gasteiger charge is -2.12. The maximum atomic E-state index is 13.1. The molecule has 0 aliphatic rings. The molecule has 0 saturated carbocycles. The number of halogens is 1. The van der Waals surface area contributed by atoms with E-state index >= 15 is 0 Å². The zero-order valence-electron chi connectivity index (χ0n) is 9.98. The van der Waals surface area contributed by atoms with Gasteiger partial charge in [0.15, 0.2) is 0 Å². The minimum atomic E-state index is -0.253. The summed E-state index contributed by atoms with van der Waals surface area (Å²) >= 11 is 0. The summed E-state index contributed by atoms with van der Waals surface area (Å²) in [6, 6.07) is 0. The van der Waals surface area contributed by atoms with E-state index in [1.807, 2.05) is 6.79 Å². The minimum absolute atomic E-state index is 0.253. The second-order valence-electron chi connectivity index (χ2n) is 3.36.